The summed E-state index contributed by atoms with van der Waals surface area (Å²) in [5.74, 6) is 0.210. The van der Waals surface area contributed by atoms with Crippen molar-refractivity contribution in [2.75, 3.05) is 32.6 Å². The summed E-state index contributed by atoms with van der Waals surface area (Å²) in [4.78, 5) is 13.9. The number of carbonyl (C=O) groups is 1. The lowest BCUT2D eigenvalue weighted by molar-refractivity contribution is 0.0311. The van der Waals surface area contributed by atoms with E-state index in [4.69, 9.17) is 9.15 Å². The maximum absolute atomic E-state index is 12.4. The van der Waals surface area contributed by atoms with Crippen LogP contribution in [0.3, 0.4) is 0 Å². The van der Waals surface area contributed by atoms with Gasteiger partial charge >= 0.3 is 0 Å². The summed E-state index contributed by atoms with van der Waals surface area (Å²) in [6, 6.07) is 1.73. The van der Waals surface area contributed by atoms with Crippen molar-refractivity contribution in [3.8, 4) is 0 Å². The van der Waals surface area contributed by atoms with E-state index in [0.29, 0.717) is 18.8 Å². The van der Waals surface area contributed by atoms with Crippen molar-refractivity contribution in [1.29, 1.82) is 0 Å². The summed E-state index contributed by atoms with van der Waals surface area (Å²) >= 11 is 0. The molecule has 7 heteroatoms. The zero-order valence-corrected chi connectivity index (χ0v) is 13.0. The van der Waals surface area contributed by atoms with Gasteiger partial charge in [-0.15, -0.1) is 0 Å². The lowest BCUT2D eigenvalue weighted by atomic mass is 9.83. The van der Waals surface area contributed by atoms with Crippen molar-refractivity contribution >= 4 is 15.7 Å². The molecule has 3 rings (SSSR count). The Hall–Kier alpha value is -1.34. The maximum atomic E-state index is 12.4. The summed E-state index contributed by atoms with van der Waals surface area (Å²) in [6.45, 7) is 2.69. The fraction of sp³-hybridized carbons (Fsp3) is 0.643. The van der Waals surface area contributed by atoms with E-state index in [0.717, 1.165) is 5.56 Å². The van der Waals surface area contributed by atoms with E-state index in [-0.39, 0.29) is 30.7 Å². The lowest BCUT2D eigenvalue weighted by Gasteiger charge is -2.49. The molecule has 21 heavy (non-hydrogen) atoms. The number of likely N-dealkylation sites (tertiary alicyclic amines) is 1. The average molecular weight is 313 g/mol. The Morgan fingerprint density at radius 3 is 2.81 bits per heavy atom. The Balaban J connectivity index is 1.79. The number of rotatable bonds is 3. The van der Waals surface area contributed by atoms with E-state index in [1.54, 1.807) is 25.0 Å². The molecule has 2 aliphatic rings. The van der Waals surface area contributed by atoms with Gasteiger partial charge in [-0.3, -0.25) is 4.79 Å². The third-order valence-corrected chi connectivity index (χ3v) is 7.33. The molecule has 0 unspecified atom stereocenters. The standard InChI is InChI=1S/C14H19NO5S/c1-10-3-5-20-12(10)13(16)15-8-14(9-15)11(7-19-2)4-6-21(14,17)18/h3,5,11H,4,6-9H2,1-2H3/t11-/m0/s1. The smallest absolute Gasteiger partial charge is 0.289 e. The van der Waals surface area contributed by atoms with Gasteiger partial charge in [0.1, 0.15) is 4.75 Å². The highest BCUT2D eigenvalue weighted by molar-refractivity contribution is 7.93. The van der Waals surface area contributed by atoms with Crippen LogP contribution in [0.25, 0.3) is 0 Å². The molecule has 3 heterocycles. The average Bonchev–Trinajstić information content (AvgIpc) is 2.90. The van der Waals surface area contributed by atoms with Crippen LogP contribution in [0.15, 0.2) is 16.7 Å². The molecule has 2 fully saturated rings. The topological polar surface area (TPSA) is 76.8 Å². The van der Waals surface area contributed by atoms with Crippen LogP contribution in [-0.4, -0.2) is 56.5 Å². The molecule has 0 N–H and O–H groups in total. The first kappa shape index (κ1) is 14.6. The largest absolute Gasteiger partial charge is 0.459 e. The molecule has 0 aromatic carbocycles. The molecule has 116 valence electrons. The molecular formula is C14H19NO5S. The Labute approximate surface area is 124 Å². The molecule has 1 amide bonds. The van der Waals surface area contributed by atoms with Crippen molar-refractivity contribution in [2.45, 2.75) is 18.1 Å². The molecule has 1 atom stereocenters. The van der Waals surface area contributed by atoms with E-state index >= 15 is 0 Å². The van der Waals surface area contributed by atoms with Gasteiger partial charge in [-0.25, -0.2) is 8.42 Å². The molecule has 1 spiro atoms. The number of furan rings is 1. The third kappa shape index (κ3) is 2.02. The first-order valence-electron chi connectivity index (χ1n) is 6.96. The highest BCUT2D eigenvalue weighted by Crippen LogP contribution is 2.45. The zero-order chi connectivity index (χ0) is 15.3. The van der Waals surface area contributed by atoms with Crippen LogP contribution in [0.4, 0.5) is 0 Å². The molecule has 0 aliphatic carbocycles. The first-order valence-corrected chi connectivity index (χ1v) is 8.61. The van der Waals surface area contributed by atoms with Crippen LogP contribution < -0.4 is 0 Å². The van der Waals surface area contributed by atoms with Crippen LogP contribution in [0, 0.1) is 12.8 Å². The molecule has 2 saturated heterocycles. The van der Waals surface area contributed by atoms with Gasteiger partial charge < -0.3 is 14.1 Å². The van der Waals surface area contributed by atoms with Crippen LogP contribution in [-0.2, 0) is 14.6 Å². The van der Waals surface area contributed by atoms with Gasteiger partial charge in [0, 0.05) is 31.7 Å². The Kier molecular flexibility index (Phi) is 3.37. The minimum atomic E-state index is -3.17. The quantitative estimate of drug-likeness (QED) is 0.827. The van der Waals surface area contributed by atoms with Crippen molar-refractivity contribution in [3.63, 3.8) is 0 Å². The van der Waals surface area contributed by atoms with E-state index in [1.165, 1.54) is 6.26 Å². The van der Waals surface area contributed by atoms with Gasteiger partial charge in [-0.05, 0) is 19.4 Å². The van der Waals surface area contributed by atoms with Crippen molar-refractivity contribution in [1.82, 2.24) is 4.90 Å². The molecule has 0 bridgehead atoms. The third-order valence-electron chi connectivity index (χ3n) is 4.73. The number of aryl methyl sites for hydroxylation is 1. The monoisotopic (exact) mass is 313 g/mol. The minimum Gasteiger partial charge on any atom is -0.459 e. The highest BCUT2D eigenvalue weighted by atomic mass is 32.2. The van der Waals surface area contributed by atoms with Gasteiger partial charge in [-0.2, -0.15) is 0 Å². The fourth-order valence-corrected chi connectivity index (χ4v) is 5.79. The zero-order valence-electron chi connectivity index (χ0n) is 12.2. The van der Waals surface area contributed by atoms with Crippen LogP contribution in [0.5, 0.6) is 0 Å². The van der Waals surface area contributed by atoms with Gasteiger partial charge in [0.15, 0.2) is 15.6 Å². The number of hydrogen-bond donors (Lipinski definition) is 0. The van der Waals surface area contributed by atoms with Gasteiger partial charge in [0.25, 0.3) is 5.91 Å². The predicted molar refractivity (Wildman–Crippen MR) is 75.8 cm³/mol. The van der Waals surface area contributed by atoms with E-state index in [1.807, 2.05) is 0 Å². The Morgan fingerprint density at radius 1 is 1.52 bits per heavy atom. The second kappa shape index (κ2) is 4.84. The van der Waals surface area contributed by atoms with Gasteiger partial charge in [-0.1, -0.05) is 0 Å². The van der Waals surface area contributed by atoms with E-state index < -0.39 is 14.6 Å². The first-order chi connectivity index (χ1) is 9.91. The summed E-state index contributed by atoms with van der Waals surface area (Å²) in [6.07, 6.45) is 2.08. The van der Waals surface area contributed by atoms with Crippen LogP contribution in [0.1, 0.15) is 22.5 Å². The number of carbonyl (C=O) groups excluding carboxylic acids is 1. The fourth-order valence-electron chi connectivity index (χ4n) is 3.39. The lowest BCUT2D eigenvalue weighted by Crippen LogP contribution is -2.68. The number of methoxy groups -OCH3 is 1. The Bertz CT molecular complexity index is 657. The van der Waals surface area contributed by atoms with Gasteiger partial charge in [0.05, 0.1) is 18.6 Å². The van der Waals surface area contributed by atoms with Crippen molar-refractivity contribution < 1.29 is 22.4 Å². The summed E-state index contributed by atoms with van der Waals surface area (Å²) in [5, 5.41) is 0. The van der Waals surface area contributed by atoms with Gasteiger partial charge in [0.2, 0.25) is 0 Å². The van der Waals surface area contributed by atoms with E-state index in [9.17, 15) is 13.2 Å². The van der Waals surface area contributed by atoms with Crippen LogP contribution >= 0.6 is 0 Å². The summed E-state index contributed by atoms with van der Waals surface area (Å²) < 4.78 is 34.2. The Morgan fingerprint density at radius 2 is 2.24 bits per heavy atom. The maximum Gasteiger partial charge on any atom is 0.289 e. The van der Waals surface area contributed by atoms with Crippen molar-refractivity contribution in [2.24, 2.45) is 5.92 Å². The minimum absolute atomic E-state index is 0.0331. The SMILES string of the molecule is COC[C@@H]1CCS(=O)(=O)C12CN(C(=O)c1occc1C)C2. The summed E-state index contributed by atoms with van der Waals surface area (Å²) in [5.41, 5.74) is 0.767. The number of hydrogen-bond acceptors (Lipinski definition) is 5. The molecule has 0 saturated carbocycles. The predicted octanol–water partition coefficient (Wildman–Crippen LogP) is 0.864. The van der Waals surface area contributed by atoms with E-state index in [2.05, 4.69) is 0 Å². The second-order valence-electron chi connectivity index (χ2n) is 5.92. The molecule has 2 aliphatic heterocycles. The summed E-state index contributed by atoms with van der Waals surface area (Å²) in [7, 11) is -1.60. The molecule has 1 aromatic heterocycles. The van der Waals surface area contributed by atoms with Crippen molar-refractivity contribution in [3.05, 3.63) is 23.7 Å². The second-order valence-corrected chi connectivity index (χ2v) is 8.37. The number of nitrogens with zero attached hydrogens (tertiary/aromatic N) is 1. The molecule has 1 aromatic rings. The number of amides is 1. The highest BCUT2D eigenvalue weighted by Gasteiger charge is 2.62. The number of ether oxygens (including phenoxy) is 1. The van der Waals surface area contributed by atoms with Crippen LogP contribution in [0.2, 0.25) is 0 Å². The molecule has 6 nitrogen and oxygen atoms in total. The normalized spacial score (nSPS) is 26.0. The molecular weight excluding hydrogens is 294 g/mol. The number of sulfone groups is 1. The molecule has 0 radical (unpaired) electrons.